The van der Waals surface area contributed by atoms with E-state index in [1.165, 1.54) is 31.2 Å². The lowest BCUT2D eigenvalue weighted by atomic mass is 10.2. The Balaban J connectivity index is 1.63. The quantitative estimate of drug-likeness (QED) is 0.754. The Bertz CT molecular complexity index is 224. The van der Waals surface area contributed by atoms with E-state index in [0.717, 1.165) is 13.0 Å². The van der Waals surface area contributed by atoms with Crippen LogP contribution in [0.4, 0.5) is 0 Å². The Kier molecular flexibility index (Phi) is 3.03. The van der Waals surface area contributed by atoms with Gasteiger partial charge in [0.05, 0.1) is 12.7 Å². The molecule has 0 amide bonds. The standard InChI is InChI=1S/C11H17NO/c1-2-4-11(3-1)13-8-6-10-5-7-12-9-10/h5,7,9,11-12H,1-4,6,8H2. The third-order valence-electron chi connectivity index (χ3n) is 2.71. The van der Waals surface area contributed by atoms with Gasteiger partial charge in [0.25, 0.3) is 0 Å². The van der Waals surface area contributed by atoms with Crippen molar-refractivity contribution in [1.82, 2.24) is 4.98 Å². The van der Waals surface area contributed by atoms with Crippen molar-refractivity contribution in [3.8, 4) is 0 Å². The van der Waals surface area contributed by atoms with Crippen molar-refractivity contribution in [2.24, 2.45) is 0 Å². The van der Waals surface area contributed by atoms with Gasteiger partial charge in [0.1, 0.15) is 0 Å². The molecule has 1 saturated carbocycles. The summed E-state index contributed by atoms with van der Waals surface area (Å²) in [7, 11) is 0. The van der Waals surface area contributed by atoms with Crippen LogP contribution >= 0.6 is 0 Å². The van der Waals surface area contributed by atoms with Crippen LogP contribution in [-0.4, -0.2) is 17.7 Å². The summed E-state index contributed by atoms with van der Waals surface area (Å²) in [5.74, 6) is 0. The van der Waals surface area contributed by atoms with Gasteiger partial charge in [0.2, 0.25) is 0 Å². The van der Waals surface area contributed by atoms with E-state index >= 15 is 0 Å². The maximum absolute atomic E-state index is 5.76. The molecule has 1 N–H and O–H groups in total. The summed E-state index contributed by atoms with van der Waals surface area (Å²) in [6, 6.07) is 2.11. The fourth-order valence-electron chi connectivity index (χ4n) is 1.91. The van der Waals surface area contributed by atoms with Crippen molar-refractivity contribution in [2.75, 3.05) is 6.61 Å². The Morgan fingerprint density at radius 1 is 1.38 bits per heavy atom. The highest BCUT2D eigenvalue weighted by Gasteiger charge is 2.14. The lowest BCUT2D eigenvalue weighted by Crippen LogP contribution is -2.09. The summed E-state index contributed by atoms with van der Waals surface area (Å²) in [6.07, 6.45) is 10.9. The Labute approximate surface area is 79.3 Å². The molecule has 1 aromatic rings. The minimum atomic E-state index is 0.555. The number of hydrogen-bond acceptors (Lipinski definition) is 1. The molecule has 1 aliphatic rings. The molecule has 0 spiro atoms. The average Bonchev–Trinajstić information content (AvgIpc) is 2.75. The molecule has 72 valence electrons. The fourth-order valence-corrected chi connectivity index (χ4v) is 1.91. The van der Waals surface area contributed by atoms with Crippen molar-refractivity contribution in [3.63, 3.8) is 0 Å². The highest BCUT2D eigenvalue weighted by molar-refractivity contribution is 5.08. The lowest BCUT2D eigenvalue weighted by molar-refractivity contribution is 0.0607. The molecule has 0 radical (unpaired) electrons. The van der Waals surface area contributed by atoms with Crippen LogP contribution in [0, 0.1) is 0 Å². The van der Waals surface area contributed by atoms with E-state index in [2.05, 4.69) is 11.1 Å². The normalized spacial score (nSPS) is 18.2. The molecular formula is C11H17NO. The first-order valence-electron chi connectivity index (χ1n) is 5.18. The van der Waals surface area contributed by atoms with Gasteiger partial charge in [0.15, 0.2) is 0 Å². The van der Waals surface area contributed by atoms with Crippen molar-refractivity contribution >= 4 is 0 Å². The zero-order valence-electron chi connectivity index (χ0n) is 7.96. The third kappa shape index (κ3) is 2.59. The number of hydrogen-bond donors (Lipinski definition) is 1. The SMILES string of the molecule is c1cc(CCOC2CCCC2)c[nH]1. The smallest absolute Gasteiger partial charge is 0.0575 e. The van der Waals surface area contributed by atoms with Crippen LogP contribution in [0.5, 0.6) is 0 Å². The topological polar surface area (TPSA) is 25.0 Å². The van der Waals surface area contributed by atoms with E-state index < -0.39 is 0 Å². The second kappa shape index (κ2) is 4.47. The average molecular weight is 179 g/mol. The summed E-state index contributed by atoms with van der Waals surface area (Å²) in [4.78, 5) is 3.05. The molecule has 1 heterocycles. The van der Waals surface area contributed by atoms with Gasteiger partial charge >= 0.3 is 0 Å². The summed E-state index contributed by atoms with van der Waals surface area (Å²) >= 11 is 0. The Morgan fingerprint density at radius 3 is 2.92 bits per heavy atom. The van der Waals surface area contributed by atoms with Crippen molar-refractivity contribution < 1.29 is 4.74 Å². The molecule has 2 heteroatoms. The van der Waals surface area contributed by atoms with Crippen molar-refractivity contribution in [1.29, 1.82) is 0 Å². The Morgan fingerprint density at radius 2 is 2.23 bits per heavy atom. The van der Waals surface area contributed by atoms with Gasteiger partial charge in [-0.25, -0.2) is 0 Å². The first-order valence-corrected chi connectivity index (χ1v) is 5.18. The minimum Gasteiger partial charge on any atom is -0.378 e. The highest BCUT2D eigenvalue weighted by atomic mass is 16.5. The van der Waals surface area contributed by atoms with Crippen LogP contribution in [-0.2, 0) is 11.2 Å². The molecule has 2 rings (SSSR count). The predicted molar refractivity (Wildman–Crippen MR) is 52.7 cm³/mol. The molecule has 2 nitrogen and oxygen atoms in total. The number of nitrogens with one attached hydrogen (secondary N) is 1. The van der Waals surface area contributed by atoms with E-state index in [1.54, 1.807) is 0 Å². The molecule has 0 aliphatic heterocycles. The molecule has 0 unspecified atom stereocenters. The minimum absolute atomic E-state index is 0.555. The molecule has 0 atom stereocenters. The molecular weight excluding hydrogens is 162 g/mol. The number of H-pyrrole nitrogens is 1. The van der Waals surface area contributed by atoms with Gasteiger partial charge in [-0.2, -0.15) is 0 Å². The van der Waals surface area contributed by atoms with Crippen LogP contribution in [0.3, 0.4) is 0 Å². The van der Waals surface area contributed by atoms with Gasteiger partial charge in [-0.3, -0.25) is 0 Å². The summed E-state index contributed by atoms with van der Waals surface area (Å²) in [5.41, 5.74) is 1.35. The van der Waals surface area contributed by atoms with Crippen molar-refractivity contribution in [2.45, 2.75) is 38.2 Å². The number of rotatable bonds is 4. The second-order valence-electron chi connectivity index (χ2n) is 3.75. The number of aromatic amines is 1. The van der Waals surface area contributed by atoms with Crippen LogP contribution < -0.4 is 0 Å². The predicted octanol–water partition coefficient (Wildman–Crippen LogP) is 2.52. The zero-order valence-corrected chi connectivity index (χ0v) is 7.96. The van der Waals surface area contributed by atoms with Gasteiger partial charge < -0.3 is 9.72 Å². The van der Waals surface area contributed by atoms with Crippen LogP contribution in [0.2, 0.25) is 0 Å². The number of aromatic nitrogens is 1. The van der Waals surface area contributed by atoms with Gasteiger partial charge in [-0.05, 0) is 30.9 Å². The maximum Gasteiger partial charge on any atom is 0.0575 e. The van der Waals surface area contributed by atoms with E-state index in [-0.39, 0.29) is 0 Å². The van der Waals surface area contributed by atoms with Gasteiger partial charge in [0, 0.05) is 12.4 Å². The van der Waals surface area contributed by atoms with E-state index in [1.807, 2.05) is 12.4 Å². The first-order chi connectivity index (χ1) is 6.45. The molecule has 0 saturated heterocycles. The molecule has 1 aliphatic carbocycles. The zero-order chi connectivity index (χ0) is 8.93. The molecule has 1 aromatic heterocycles. The monoisotopic (exact) mass is 179 g/mol. The molecule has 1 fully saturated rings. The molecule has 13 heavy (non-hydrogen) atoms. The largest absolute Gasteiger partial charge is 0.378 e. The lowest BCUT2D eigenvalue weighted by Gasteiger charge is -2.09. The van der Waals surface area contributed by atoms with E-state index in [0.29, 0.717) is 6.10 Å². The third-order valence-corrected chi connectivity index (χ3v) is 2.71. The summed E-state index contributed by atoms with van der Waals surface area (Å²) < 4.78 is 5.76. The Hall–Kier alpha value is -0.760. The summed E-state index contributed by atoms with van der Waals surface area (Å²) in [5, 5.41) is 0. The van der Waals surface area contributed by atoms with E-state index in [9.17, 15) is 0 Å². The van der Waals surface area contributed by atoms with Gasteiger partial charge in [-0.1, -0.05) is 12.8 Å². The van der Waals surface area contributed by atoms with Crippen molar-refractivity contribution in [3.05, 3.63) is 24.0 Å². The van der Waals surface area contributed by atoms with Gasteiger partial charge in [-0.15, -0.1) is 0 Å². The highest BCUT2D eigenvalue weighted by Crippen LogP contribution is 2.20. The maximum atomic E-state index is 5.76. The fraction of sp³-hybridized carbons (Fsp3) is 0.636. The number of ether oxygens (including phenoxy) is 1. The van der Waals surface area contributed by atoms with E-state index in [4.69, 9.17) is 4.74 Å². The second-order valence-corrected chi connectivity index (χ2v) is 3.75. The van der Waals surface area contributed by atoms with Crippen LogP contribution in [0.15, 0.2) is 18.5 Å². The molecule has 0 bridgehead atoms. The first kappa shape index (κ1) is 8.82. The van der Waals surface area contributed by atoms with Crippen LogP contribution in [0.1, 0.15) is 31.2 Å². The summed E-state index contributed by atoms with van der Waals surface area (Å²) in [6.45, 7) is 0.878. The van der Waals surface area contributed by atoms with Crippen LogP contribution in [0.25, 0.3) is 0 Å². The molecule has 0 aromatic carbocycles.